The van der Waals surface area contributed by atoms with Crippen LogP contribution in [0.5, 0.6) is 0 Å². The van der Waals surface area contributed by atoms with Crippen LogP contribution in [0.4, 0.5) is 0 Å². The van der Waals surface area contributed by atoms with Crippen LogP contribution < -0.4 is 0 Å². The normalized spacial score (nSPS) is 12.1. The Labute approximate surface area is 103 Å². The Kier molecular flexibility index (Phi) is 6.30. The van der Waals surface area contributed by atoms with Crippen molar-refractivity contribution in [2.45, 2.75) is 45.4 Å². The molecule has 0 bridgehead atoms. The number of nitrogens with zero attached hydrogens (tertiary/aromatic N) is 1. The molecular formula is C14H21NO2. The molecule has 0 spiro atoms. The van der Waals surface area contributed by atoms with Crippen molar-refractivity contribution in [1.29, 1.82) is 0 Å². The second kappa shape index (κ2) is 7.82. The molecule has 0 aromatic carbocycles. The fraction of sp³-hybridized carbons (Fsp3) is 0.571. The van der Waals surface area contributed by atoms with Gasteiger partial charge in [-0.15, -0.1) is 0 Å². The van der Waals surface area contributed by atoms with Crippen LogP contribution in [0, 0.1) is 0 Å². The highest BCUT2D eigenvalue weighted by molar-refractivity contribution is 5.70. The van der Waals surface area contributed by atoms with Crippen molar-refractivity contribution in [3.05, 3.63) is 30.1 Å². The van der Waals surface area contributed by atoms with Gasteiger partial charge in [0.25, 0.3) is 0 Å². The number of hydrogen-bond donors (Lipinski definition) is 0. The van der Waals surface area contributed by atoms with Crippen LogP contribution >= 0.6 is 0 Å². The van der Waals surface area contributed by atoms with Crippen LogP contribution in [0.3, 0.4) is 0 Å². The maximum Gasteiger partial charge on any atom is 0.306 e. The third kappa shape index (κ3) is 4.98. The molecule has 17 heavy (non-hydrogen) atoms. The molecule has 0 aliphatic rings. The number of hydrogen-bond acceptors (Lipinski definition) is 3. The van der Waals surface area contributed by atoms with Gasteiger partial charge < -0.3 is 4.74 Å². The zero-order chi connectivity index (χ0) is 12.5. The molecule has 3 nitrogen and oxygen atoms in total. The molecule has 0 fully saturated rings. The van der Waals surface area contributed by atoms with Crippen LogP contribution in [-0.4, -0.2) is 17.6 Å². The van der Waals surface area contributed by atoms with Crippen molar-refractivity contribution in [1.82, 2.24) is 4.98 Å². The van der Waals surface area contributed by atoms with Gasteiger partial charge in [-0.05, 0) is 25.0 Å². The molecule has 0 radical (unpaired) electrons. The summed E-state index contributed by atoms with van der Waals surface area (Å²) in [5, 5.41) is 0. The lowest BCUT2D eigenvalue weighted by Gasteiger charge is -2.13. The smallest absolute Gasteiger partial charge is 0.306 e. The maximum atomic E-state index is 11.6. The van der Waals surface area contributed by atoms with Gasteiger partial charge in [-0.1, -0.05) is 26.3 Å². The van der Waals surface area contributed by atoms with E-state index in [2.05, 4.69) is 18.8 Å². The molecule has 0 N–H and O–H groups in total. The maximum absolute atomic E-state index is 11.6. The number of ether oxygens (including phenoxy) is 1. The number of unbranched alkanes of at least 4 members (excludes halogenated alkanes) is 1. The van der Waals surface area contributed by atoms with Gasteiger partial charge in [-0.2, -0.15) is 0 Å². The molecule has 1 unspecified atom stereocenters. The van der Waals surface area contributed by atoms with Crippen molar-refractivity contribution in [3.8, 4) is 0 Å². The van der Waals surface area contributed by atoms with Gasteiger partial charge in [0.15, 0.2) is 0 Å². The Morgan fingerprint density at radius 3 is 2.82 bits per heavy atom. The Hall–Kier alpha value is -1.38. The first-order valence-corrected chi connectivity index (χ1v) is 6.34. The standard InChI is InChI=1S/C14H21NO2/c1-3-5-10-17-14(16)11-12(4-2)13-8-6-7-9-15-13/h6-9,12H,3-5,10-11H2,1-2H3. The molecule has 0 aliphatic carbocycles. The molecule has 1 heterocycles. The van der Waals surface area contributed by atoms with E-state index in [1.807, 2.05) is 18.2 Å². The lowest BCUT2D eigenvalue weighted by molar-refractivity contribution is -0.144. The lowest BCUT2D eigenvalue weighted by Crippen LogP contribution is -2.11. The first kappa shape index (κ1) is 13.7. The number of pyridine rings is 1. The molecule has 1 aromatic heterocycles. The minimum absolute atomic E-state index is 0.115. The summed E-state index contributed by atoms with van der Waals surface area (Å²) in [7, 11) is 0. The van der Waals surface area contributed by atoms with Gasteiger partial charge in [-0.3, -0.25) is 9.78 Å². The van der Waals surface area contributed by atoms with E-state index < -0.39 is 0 Å². The van der Waals surface area contributed by atoms with Gasteiger partial charge >= 0.3 is 5.97 Å². The fourth-order valence-electron chi connectivity index (χ4n) is 1.67. The summed E-state index contributed by atoms with van der Waals surface area (Å²) in [4.78, 5) is 15.9. The zero-order valence-corrected chi connectivity index (χ0v) is 10.7. The van der Waals surface area contributed by atoms with Crippen LogP contribution in [0.2, 0.25) is 0 Å². The highest BCUT2D eigenvalue weighted by Crippen LogP contribution is 2.21. The van der Waals surface area contributed by atoms with E-state index in [1.165, 1.54) is 0 Å². The van der Waals surface area contributed by atoms with E-state index in [1.54, 1.807) is 6.20 Å². The van der Waals surface area contributed by atoms with Crippen molar-refractivity contribution in [3.63, 3.8) is 0 Å². The molecule has 1 atom stereocenters. The van der Waals surface area contributed by atoms with E-state index >= 15 is 0 Å². The second-order valence-electron chi connectivity index (χ2n) is 4.14. The van der Waals surface area contributed by atoms with Gasteiger partial charge in [-0.25, -0.2) is 0 Å². The summed E-state index contributed by atoms with van der Waals surface area (Å²) in [5.41, 5.74) is 0.974. The number of rotatable bonds is 7. The van der Waals surface area contributed by atoms with Crippen molar-refractivity contribution in [2.75, 3.05) is 6.61 Å². The van der Waals surface area contributed by atoms with E-state index in [9.17, 15) is 4.79 Å². The Morgan fingerprint density at radius 1 is 1.41 bits per heavy atom. The molecule has 1 aromatic rings. The van der Waals surface area contributed by atoms with Crippen molar-refractivity contribution >= 4 is 5.97 Å². The second-order valence-corrected chi connectivity index (χ2v) is 4.14. The van der Waals surface area contributed by atoms with E-state index in [0.29, 0.717) is 13.0 Å². The number of esters is 1. The summed E-state index contributed by atoms with van der Waals surface area (Å²) < 4.78 is 5.17. The largest absolute Gasteiger partial charge is 0.466 e. The van der Waals surface area contributed by atoms with Crippen LogP contribution in [-0.2, 0) is 9.53 Å². The van der Waals surface area contributed by atoms with Gasteiger partial charge in [0.2, 0.25) is 0 Å². The third-order valence-electron chi connectivity index (χ3n) is 2.77. The zero-order valence-electron chi connectivity index (χ0n) is 10.7. The SMILES string of the molecule is CCCCOC(=O)CC(CC)c1ccccn1. The minimum Gasteiger partial charge on any atom is -0.466 e. The summed E-state index contributed by atoms with van der Waals surface area (Å²) in [5.74, 6) is 0.0567. The minimum atomic E-state index is -0.115. The number of carbonyl (C=O) groups excluding carboxylic acids is 1. The van der Waals surface area contributed by atoms with Crippen LogP contribution in [0.25, 0.3) is 0 Å². The van der Waals surface area contributed by atoms with E-state index in [-0.39, 0.29) is 11.9 Å². The summed E-state index contributed by atoms with van der Waals surface area (Å²) >= 11 is 0. The van der Waals surface area contributed by atoms with Crippen LogP contribution in [0.1, 0.15) is 51.1 Å². The average Bonchev–Trinajstić information content (AvgIpc) is 2.37. The van der Waals surface area contributed by atoms with Gasteiger partial charge in [0, 0.05) is 17.8 Å². The molecule has 1 rings (SSSR count). The van der Waals surface area contributed by atoms with Gasteiger partial charge in [0.05, 0.1) is 13.0 Å². The Balaban J connectivity index is 2.44. The highest BCUT2D eigenvalue weighted by atomic mass is 16.5. The fourth-order valence-corrected chi connectivity index (χ4v) is 1.67. The monoisotopic (exact) mass is 235 g/mol. The average molecular weight is 235 g/mol. The van der Waals surface area contributed by atoms with Crippen LogP contribution in [0.15, 0.2) is 24.4 Å². The Bertz CT molecular complexity index is 324. The first-order valence-electron chi connectivity index (χ1n) is 6.34. The predicted octanol–water partition coefficient (Wildman–Crippen LogP) is 3.31. The first-order chi connectivity index (χ1) is 8.27. The Morgan fingerprint density at radius 2 is 2.24 bits per heavy atom. The topological polar surface area (TPSA) is 39.2 Å². The molecule has 0 saturated heterocycles. The van der Waals surface area contributed by atoms with Crippen molar-refractivity contribution in [2.24, 2.45) is 0 Å². The van der Waals surface area contributed by atoms with E-state index in [4.69, 9.17) is 4.74 Å². The summed E-state index contributed by atoms with van der Waals surface area (Å²) in [6, 6.07) is 5.80. The highest BCUT2D eigenvalue weighted by Gasteiger charge is 2.15. The summed E-state index contributed by atoms with van der Waals surface area (Å²) in [6.45, 7) is 4.68. The lowest BCUT2D eigenvalue weighted by atomic mass is 9.98. The molecule has 0 aliphatic heterocycles. The third-order valence-corrected chi connectivity index (χ3v) is 2.77. The molecule has 0 saturated carbocycles. The summed E-state index contributed by atoms with van der Waals surface area (Å²) in [6.07, 6.45) is 5.08. The quantitative estimate of drug-likeness (QED) is 0.537. The van der Waals surface area contributed by atoms with Gasteiger partial charge in [0.1, 0.15) is 0 Å². The molecule has 94 valence electrons. The predicted molar refractivity (Wildman–Crippen MR) is 67.8 cm³/mol. The van der Waals surface area contributed by atoms with Crippen molar-refractivity contribution < 1.29 is 9.53 Å². The molecular weight excluding hydrogens is 214 g/mol. The molecule has 0 amide bonds. The number of aromatic nitrogens is 1. The number of carbonyl (C=O) groups is 1. The molecule has 3 heteroatoms. The van der Waals surface area contributed by atoms with E-state index in [0.717, 1.165) is 25.0 Å².